The first kappa shape index (κ1) is 13.7. The van der Waals surface area contributed by atoms with Gasteiger partial charge >= 0.3 is 0 Å². The fraction of sp³-hybridized carbons (Fsp3) is 0.500. The van der Waals surface area contributed by atoms with Crippen molar-refractivity contribution in [2.24, 2.45) is 11.7 Å². The summed E-state index contributed by atoms with van der Waals surface area (Å²) in [6, 6.07) is 12.6. The minimum atomic E-state index is 0.0662. The number of rotatable bonds is 7. The molecule has 0 amide bonds. The van der Waals surface area contributed by atoms with Crippen LogP contribution < -0.4 is 5.73 Å². The van der Waals surface area contributed by atoms with E-state index in [1.165, 1.54) is 5.56 Å². The zero-order valence-electron chi connectivity index (χ0n) is 10.5. The van der Waals surface area contributed by atoms with Crippen LogP contribution in [0, 0.1) is 17.2 Å². The van der Waals surface area contributed by atoms with Gasteiger partial charge in [-0.25, -0.2) is 0 Å². The predicted octanol–water partition coefficient (Wildman–Crippen LogP) is 2.00. The van der Waals surface area contributed by atoms with Gasteiger partial charge in [0, 0.05) is 13.1 Å². The number of hydrogen-bond donors (Lipinski definition) is 1. The Morgan fingerprint density at radius 3 is 2.65 bits per heavy atom. The summed E-state index contributed by atoms with van der Waals surface area (Å²) in [4.78, 5) is 2.30. The van der Waals surface area contributed by atoms with Gasteiger partial charge in [0.15, 0.2) is 0 Å². The predicted molar refractivity (Wildman–Crippen MR) is 70.2 cm³/mol. The van der Waals surface area contributed by atoms with Gasteiger partial charge in [0.2, 0.25) is 0 Å². The van der Waals surface area contributed by atoms with Crippen LogP contribution in [0.2, 0.25) is 0 Å². The second-order valence-corrected chi connectivity index (χ2v) is 4.39. The lowest BCUT2D eigenvalue weighted by atomic mass is 10.1. The van der Waals surface area contributed by atoms with Gasteiger partial charge in [0.05, 0.1) is 12.0 Å². The van der Waals surface area contributed by atoms with Gasteiger partial charge < -0.3 is 5.73 Å². The van der Waals surface area contributed by atoms with Crippen molar-refractivity contribution in [2.75, 3.05) is 19.6 Å². The lowest BCUT2D eigenvalue weighted by Crippen LogP contribution is -2.30. The normalized spacial score (nSPS) is 12.4. The van der Waals surface area contributed by atoms with Crippen molar-refractivity contribution in [1.29, 1.82) is 5.26 Å². The molecule has 0 aliphatic heterocycles. The van der Waals surface area contributed by atoms with Gasteiger partial charge in [-0.15, -0.1) is 0 Å². The fourth-order valence-electron chi connectivity index (χ4n) is 1.82. The maximum atomic E-state index is 8.87. The average molecular weight is 231 g/mol. The Balaban J connectivity index is 2.54. The monoisotopic (exact) mass is 231 g/mol. The Kier molecular flexibility index (Phi) is 6.31. The Bertz CT molecular complexity index is 342. The van der Waals surface area contributed by atoms with E-state index in [4.69, 9.17) is 11.0 Å². The molecule has 1 unspecified atom stereocenters. The molecule has 3 nitrogen and oxygen atoms in total. The summed E-state index contributed by atoms with van der Waals surface area (Å²) in [6.45, 7) is 5.32. The molecular formula is C14H21N3. The van der Waals surface area contributed by atoms with Crippen LogP contribution >= 0.6 is 0 Å². The van der Waals surface area contributed by atoms with Crippen molar-refractivity contribution >= 4 is 0 Å². The zero-order chi connectivity index (χ0) is 12.5. The van der Waals surface area contributed by atoms with Crippen LogP contribution in [-0.2, 0) is 6.54 Å². The van der Waals surface area contributed by atoms with Crippen molar-refractivity contribution in [3.63, 3.8) is 0 Å². The fourth-order valence-corrected chi connectivity index (χ4v) is 1.82. The van der Waals surface area contributed by atoms with E-state index in [0.29, 0.717) is 6.54 Å². The van der Waals surface area contributed by atoms with Crippen LogP contribution in [0.5, 0.6) is 0 Å². The first-order valence-electron chi connectivity index (χ1n) is 6.12. The molecule has 0 aliphatic rings. The summed E-state index contributed by atoms with van der Waals surface area (Å²) in [7, 11) is 0. The maximum Gasteiger partial charge on any atom is 0.0666 e. The first-order chi connectivity index (χ1) is 8.26. The Morgan fingerprint density at radius 1 is 1.35 bits per heavy atom. The molecule has 0 aliphatic carbocycles. The lowest BCUT2D eigenvalue weighted by molar-refractivity contribution is 0.245. The Labute approximate surface area is 104 Å². The van der Waals surface area contributed by atoms with Gasteiger partial charge in [-0.3, -0.25) is 4.90 Å². The Morgan fingerprint density at radius 2 is 2.06 bits per heavy atom. The van der Waals surface area contributed by atoms with Crippen molar-refractivity contribution in [2.45, 2.75) is 19.9 Å². The second-order valence-electron chi connectivity index (χ2n) is 4.39. The Hall–Kier alpha value is -1.37. The molecule has 92 valence electrons. The standard InChI is InChI=1S/C14H21N3/c1-13(10-16)11-17(9-5-8-15)12-14-6-3-2-4-7-14/h2-4,6-7,13H,5,8-9,11-12,15H2,1H3. The van der Waals surface area contributed by atoms with E-state index in [0.717, 1.165) is 26.1 Å². The zero-order valence-corrected chi connectivity index (χ0v) is 10.5. The largest absolute Gasteiger partial charge is 0.330 e. The summed E-state index contributed by atoms with van der Waals surface area (Å²) in [5.74, 6) is 0.0662. The first-order valence-corrected chi connectivity index (χ1v) is 6.12. The second kappa shape index (κ2) is 7.83. The van der Waals surface area contributed by atoms with Gasteiger partial charge in [-0.2, -0.15) is 5.26 Å². The number of nitrogens with zero attached hydrogens (tertiary/aromatic N) is 2. The molecule has 0 aromatic heterocycles. The molecule has 1 rings (SSSR count). The van der Waals surface area contributed by atoms with Gasteiger partial charge in [0.1, 0.15) is 0 Å². The van der Waals surface area contributed by atoms with E-state index in [1.807, 2.05) is 25.1 Å². The highest BCUT2D eigenvalue weighted by molar-refractivity contribution is 5.14. The molecule has 0 saturated carbocycles. The van der Waals surface area contributed by atoms with E-state index >= 15 is 0 Å². The molecule has 0 heterocycles. The number of hydrogen-bond acceptors (Lipinski definition) is 3. The molecule has 2 N–H and O–H groups in total. The third kappa shape index (κ3) is 5.48. The van der Waals surface area contributed by atoms with Crippen LogP contribution in [0.3, 0.4) is 0 Å². The molecule has 0 spiro atoms. The molecule has 0 bridgehead atoms. The van der Waals surface area contributed by atoms with Crippen LogP contribution in [-0.4, -0.2) is 24.5 Å². The minimum Gasteiger partial charge on any atom is -0.330 e. The molecule has 3 heteroatoms. The highest BCUT2D eigenvalue weighted by Gasteiger charge is 2.09. The van der Waals surface area contributed by atoms with Gasteiger partial charge in [0.25, 0.3) is 0 Å². The van der Waals surface area contributed by atoms with E-state index in [9.17, 15) is 0 Å². The molecule has 1 atom stereocenters. The summed E-state index contributed by atoms with van der Waals surface area (Å²) in [5, 5.41) is 8.87. The van der Waals surface area contributed by atoms with Crippen LogP contribution in [0.4, 0.5) is 0 Å². The molecule has 1 aromatic rings. The van der Waals surface area contributed by atoms with E-state index in [2.05, 4.69) is 23.1 Å². The topological polar surface area (TPSA) is 53.0 Å². The van der Waals surface area contributed by atoms with Crippen molar-refractivity contribution in [3.8, 4) is 6.07 Å². The summed E-state index contributed by atoms with van der Waals surface area (Å²) >= 11 is 0. The summed E-state index contributed by atoms with van der Waals surface area (Å²) < 4.78 is 0. The summed E-state index contributed by atoms with van der Waals surface area (Å²) in [5.41, 5.74) is 6.83. The average Bonchev–Trinajstić information content (AvgIpc) is 2.37. The van der Waals surface area contributed by atoms with E-state index in [-0.39, 0.29) is 5.92 Å². The molecule has 0 saturated heterocycles. The van der Waals surface area contributed by atoms with Gasteiger partial charge in [-0.05, 0) is 32.0 Å². The van der Waals surface area contributed by atoms with Crippen molar-refractivity contribution < 1.29 is 0 Å². The number of benzene rings is 1. The smallest absolute Gasteiger partial charge is 0.0666 e. The molecular weight excluding hydrogens is 210 g/mol. The number of nitrogens with two attached hydrogens (primary N) is 1. The molecule has 0 radical (unpaired) electrons. The quantitative estimate of drug-likeness (QED) is 0.781. The summed E-state index contributed by atoms with van der Waals surface area (Å²) in [6.07, 6.45) is 0.977. The molecule has 17 heavy (non-hydrogen) atoms. The highest BCUT2D eigenvalue weighted by atomic mass is 15.1. The lowest BCUT2D eigenvalue weighted by Gasteiger charge is -2.23. The van der Waals surface area contributed by atoms with E-state index < -0.39 is 0 Å². The highest BCUT2D eigenvalue weighted by Crippen LogP contribution is 2.07. The van der Waals surface area contributed by atoms with Crippen LogP contribution in [0.1, 0.15) is 18.9 Å². The van der Waals surface area contributed by atoms with Gasteiger partial charge in [-0.1, -0.05) is 30.3 Å². The van der Waals surface area contributed by atoms with Crippen LogP contribution in [0.25, 0.3) is 0 Å². The maximum absolute atomic E-state index is 8.87. The van der Waals surface area contributed by atoms with Crippen molar-refractivity contribution in [1.82, 2.24) is 4.90 Å². The third-order valence-corrected chi connectivity index (χ3v) is 2.68. The number of nitriles is 1. The SMILES string of the molecule is CC(C#N)CN(CCCN)Cc1ccccc1. The minimum absolute atomic E-state index is 0.0662. The molecule has 0 fully saturated rings. The van der Waals surface area contributed by atoms with Crippen LogP contribution in [0.15, 0.2) is 30.3 Å². The molecule has 1 aromatic carbocycles. The van der Waals surface area contributed by atoms with E-state index in [1.54, 1.807) is 0 Å². The third-order valence-electron chi connectivity index (χ3n) is 2.68. The van der Waals surface area contributed by atoms with Crippen molar-refractivity contribution in [3.05, 3.63) is 35.9 Å².